The quantitative estimate of drug-likeness (QED) is 0.341. The molecule has 1 N–H and O–H groups in total. The van der Waals surface area contributed by atoms with Crippen molar-refractivity contribution in [2.45, 2.75) is 51.2 Å². The topological polar surface area (TPSA) is 143 Å². The molecular formula is C22H31ClN6O6S. The van der Waals surface area contributed by atoms with Crippen molar-refractivity contribution in [2.75, 3.05) is 32.2 Å². The second-order valence-electron chi connectivity index (χ2n) is 8.41. The highest BCUT2D eigenvalue weighted by molar-refractivity contribution is 7.93. The third-order valence-corrected chi connectivity index (χ3v) is 7.09. The van der Waals surface area contributed by atoms with Crippen LogP contribution < -0.4 is 4.72 Å². The first-order valence-electron chi connectivity index (χ1n) is 11.2. The van der Waals surface area contributed by atoms with Crippen LogP contribution in [-0.4, -0.2) is 71.9 Å². The van der Waals surface area contributed by atoms with Gasteiger partial charge in [0.05, 0.1) is 30.4 Å². The summed E-state index contributed by atoms with van der Waals surface area (Å²) in [6.45, 7) is 7.31. The number of anilines is 1. The van der Waals surface area contributed by atoms with Gasteiger partial charge in [0.25, 0.3) is 0 Å². The zero-order chi connectivity index (χ0) is 26.5. The molecule has 0 aliphatic rings. The molecule has 2 unspecified atom stereocenters. The minimum Gasteiger partial charge on any atom is -0.458 e. The molecule has 14 heteroatoms. The number of halogens is 1. The van der Waals surface area contributed by atoms with Gasteiger partial charge in [-0.2, -0.15) is 0 Å². The molecule has 0 aliphatic carbocycles. The lowest BCUT2D eigenvalue weighted by Gasteiger charge is -2.26. The second kappa shape index (κ2) is 12.1. The summed E-state index contributed by atoms with van der Waals surface area (Å²) in [5, 5.41) is 7.54. The SMILES string of the molecule is COCC(COC)n1c(NS(=O)(=O)C(C)C(OC(C)C)c2ncc(Cl)cn2)nnc1-c1ccc(C)o1. The minimum absolute atomic E-state index is 0.0228. The summed E-state index contributed by atoms with van der Waals surface area (Å²) in [6, 6.07) is 3.06. The van der Waals surface area contributed by atoms with Gasteiger partial charge in [-0.25, -0.2) is 18.4 Å². The van der Waals surface area contributed by atoms with Crippen molar-refractivity contribution >= 4 is 27.6 Å². The van der Waals surface area contributed by atoms with E-state index in [0.29, 0.717) is 22.4 Å². The van der Waals surface area contributed by atoms with Crippen LogP contribution in [-0.2, 0) is 24.2 Å². The maximum absolute atomic E-state index is 13.6. The Bertz CT molecular complexity index is 1220. The first-order chi connectivity index (χ1) is 17.1. The number of hydrogen-bond acceptors (Lipinski definition) is 10. The van der Waals surface area contributed by atoms with Crippen molar-refractivity contribution in [3.8, 4) is 11.6 Å². The maximum Gasteiger partial charge on any atom is 0.240 e. The number of ether oxygens (including phenoxy) is 3. The fourth-order valence-corrected chi connectivity index (χ4v) is 4.73. The zero-order valence-corrected chi connectivity index (χ0v) is 22.6. The van der Waals surface area contributed by atoms with Gasteiger partial charge in [0.15, 0.2) is 11.6 Å². The van der Waals surface area contributed by atoms with Crippen LogP contribution in [0.5, 0.6) is 0 Å². The van der Waals surface area contributed by atoms with Crippen LogP contribution in [0.25, 0.3) is 11.6 Å². The van der Waals surface area contributed by atoms with Gasteiger partial charge in [-0.1, -0.05) is 11.6 Å². The number of nitrogens with one attached hydrogen (secondary N) is 1. The lowest BCUT2D eigenvalue weighted by atomic mass is 10.2. The van der Waals surface area contributed by atoms with Crippen molar-refractivity contribution < 1.29 is 27.0 Å². The van der Waals surface area contributed by atoms with E-state index in [2.05, 4.69) is 24.9 Å². The lowest BCUT2D eigenvalue weighted by Crippen LogP contribution is -2.35. The number of furan rings is 1. The third-order valence-electron chi connectivity index (χ3n) is 5.20. The highest BCUT2D eigenvalue weighted by Crippen LogP contribution is 2.30. The Labute approximate surface area is 215 Å². The molecule has 0 aromatic carbocycles. The predicted molar refractivity (Wildman–Crippen MR) is 133 cm³/mol. The molecule has 0 aliphatic heterocycles. The highest BCUT2D eigenvalue weighted by atomic mass is 35.5. The number of sulfonamides is 1. The predicted octanol–water partition coefficient (Wildman–Crippen LogP) is 3.42. The van der Waals surface area contributed by atoms with Crippen molar-refractivity contribution in [3.05, 3.63) is 41.1 Å². The Morgan fingerprint density at radius 3 is 2.25 bits per heavy atom. The Morgan fingerprint density at radius 2 is 1.72 bits per heavy atom. The molecule has 0 saturated heterocycles. The van der Waals surface area contributed by atoms with Crippen molar-refractivity contribution in [1.82, 2.24) is 24.7 Å². The van der Waals surface area contributed by atoms with Gasteiger partial charge in [-0.3, -0.25) is 9.29 Å². The number of aromatic nitrogens is 5. The van der Waals surface area contributed by atoms with Gasteiger partial charge < -0.3 is 18.6 Å². The highest BCUT2D eigenvalue weighted by Gasteiger charge is 2.36. The van der Waals surface area contributed by atoms with Gasteiger partial charge in [-0.05, 0) is 39.8 Å². The second-order valence-corrected chi connectivity index (χ2v) is 10.9. The molecule has 0 amide bonds. The number of rotatable bonds is 13. The van der Waals surface area contributed by atoms with Crippen LogP contribution in [0, 0.1) is 6.92 Å². The molecule has 3 rings (SSSR count). The molecule has 36 heavy (non-hydrogen) atoms. The molecule has 3 aromatic rings. The smallest absolute Gasteiger partial charge is 0.240 e. The van der Waals surface area contributed by atoms with E-state index < -0.39 is 27.4 Å². The lowest BCUT2D eigenvalue weighted by molar-refractivity contribution is 0.00154. The van der Waals surface area contributed by atoms with Gasteiger partial charge in [0.2, 0.25) is 21.8 Å². The molecule has 0 saturated carbocycles. The van der Waals surface area contributed by atoms with E-state index in [9.17, 15) is 8.42 Å². The van der Waals surface area contributed by atoms with E-state index >= 15 is 0 Å². The van der Waals surface area contributed by atoms with Gasteiger partial charge in [-0.15, -0.1) is 10.2 Å². The average molecular weight is 543 g/mol. The summed E-state index contributed by atoms with van der Waals surface area (Å²) >= 11 is 5.91. The average Bonchev–Trinajstić information content (AvgIpc) is 3.43. The van der Waals surface area contributed by atoms with E-state index in [1.54, 1.807) is 37.5 Å². The van der Waals surface area contributed by atoms with E-state index in [0.717, 1.165) is 0 Å². The molecule has 2 atom stereocenters. The number of nitrogens with zero attached hydrogens (tertiary/aromatic N) is 5. The van der Waals surface area contributed by atoms with Crippen molar-refractivity contribution in [2.24, 2.45) is 0 Å². The molecule has 0 radical (unpaired) electrons. The molecular weight excluding hydrogens is 512 g/mol. The van der Waals surface area contributed by atoms with Crippen molar-refractivity contribution in [3.63, 3.8) is 0 Å². The Hall–Kier alpha value is -2.58. The molecule has 0 fully saturated rings. The first-order valence-corrected chi connectivity index (χ1v) is 13.1. The normalized spacial score (nSPS) is 13.9. The van der Waals surface area contributed by atoms with E-state index in [-0.39, 0.29) is 31.1 Å². The standard InChI is InChI=1S/C22H31ClN6O6S/c1-13(2)34-19(20-24-9-16(23)10-25-20)15(4)36(30,31)28-22-27-26-21(18-8-7-14(3)35-18)29(22)17(11-32-5)12-33-6/h7-10,13,15,17,19H,11-12H2,1-6H3,(H,27,28). The fraction of sp³-hybridized carbons (Fsp3) is 0.545. The van der Waals surface area contributed by atoms with Crippen LogP contribution in [0.3, 0.4) is 0 Å². The third kappa shape index (κ3) is 6.59. The van der Waals surface area contributed by atoms with Crippen LogP contribution in [0.15, 0.2) is 28.9 Å². The van der Waals surface area contributed by atoms with E-state index in [4.69, 9.17) is 30.2 Å². The fourth-order valence-electron chi connectivity index (χ4n) is 3.54. The number of aryl methyl sites for hydroxylation is 1. The monoisotopic (exact) mass is 542 g/mol. The Kier molecular flexibility index (Phi) is 9.41. The Balaban J connectivity index is 2.01. The minimum atomic E-state index is -4.09. The number of methoxy groups -OCH3 is 2. The maximum atomic E-state index is 13.6. The van der Waals surface area contributed by atoms with Crippen LogP contribution >= 0.6 is 11.6 Å². The Morgan fingerprint density at radius 1 is 1.08 bits per heavy atom. The molecule has 3 aromatic heterocycles. The van der Waals surface area contributed by atoms with E-state index in [1.165, 1.54) is 33.5 Å². The van der Waals surface area contributed by atoms with E-state index in [1.807, 2.05) is 0 Å². The summed E-state index contributed by atoms with van der Waals surface area (Å²) in [7, 11) is -1.01. The largest absolute Gasteiger partial charge is 0.458 e. The van der Waals surface area contributed by atoms with Crippen LogP contribution in [0.1, 0.15) is 44.5 Å². The summed E-state index contributed by atoms with van der Waals surface area (Å²) in [4.78, 5) is 8.35. The summed E-state index contributed by atoms with van der Waals surface area (Å²) < 4.78 is 53.6. The first kappa shape index (κ1) is 28.0. The van der Waals surface area contributed by atoms with Gasteiger partial charge in [0.1, 0.15) is 17.1 Å². The van der Waals surface area contributed by atoms with Crippen molar-refractivity contribution in [1.29, 1.82) is 0 Å². The number of hydrogen-bond donors (Lipinski definition) is 1. The van der Waals surface area contributed by atoms with Crippen LogP contribution in [0.2, 0.25) is 5.02 Å². The zero-order valence-electron chi connectivity index (χ0n) is 21.0. The van der Waals surface area contributed by atoms with Gasteiger partial charge in [0, 0.05) is 26.6 Å². The summed E-state index contributed by atoms with van der Waals surface area (Å²) in [5.74, 6) is 1.58. The van der Waals surface area contributed by atoms with Crippen LogP contribution in [0.4, 0.5) is 5.95 Å². The van der Waals surface area contributed by atoms with Gasteiger partial charge >= 0.3 is 0 Å². The molecule has 198 valence electrons. The molecule has 0 bridgehead atoms. The summed E-state index contributed by atoms with van der Waals surface area (Å²) in [5.41, 5.74) is 0. The summed E-state index contributed by atoms with van der Waals surface area (Å²) in [6.07, 6.45) is 1.51. The molecule has 3 heterocycles. The molecule has 12 nitrogen and oxygen atoms in total. The molecule has 0 spiro atoms.